The van der Waals surface area contributed by atoms with E-state index in [-0.39, 0.29) is 29.1 Å². The minimum atomic E-state index is -0.263. The van der Waals surface area contributed by atoms with E-state index >= 15 is 0 Å². The van der Waals surface area contributed by atoms with E-state index in [1.165, 1.54) is 12.1 Å². The van der Waals surface area contributed by atoms with E-state index in [2.05, 4.69) is 0 Å². The summed E-state index contributed by atoms with van der Waals surface area (Å²) >= 11 is 0. The molecule has 6 heteroatoms. The Balaban J connectivity index is 1.41. The molecule has 0 N–H and O–H groups in total. The van der Waals surface area contributed by atoms with E-state index in [0.717, 1.165) is 37.7 Å². The summed E-state index contributed by atoms with van der Waals surface area (Å²) < 4.78 is 18.5. The second-order valence-electron chi connectivity index (χ2n) is 8.04. The zero-order chi connectivity index (χ0) is 18.9. The number of piperidine rings is 1. The first-order valence-electron chi connectivity index (χ1n) is 9.99. The first-order chi connectivity index (χ1) is 13.1. The number of halogens is 1. The zero-order valence-corrected chi connectivity index (χ0v) is 15.7. The van der Waals surface area contributed by atoms with Crippen molar-refractivity contribution in [2.24, 2.45) is 5.92 Å². The summed E-state index contributed by atoms with van der Waals surface area (Å²) in [6.45, 7) is 3.29. The van der Waals surface area contributed by atoms with Crippen molar-refractivity contribution >= 4 is 11.8 Å². The van der Waals surface area contributed by atoms with Gasteiger partial charge in [0.2, 0.25) is 11.8 Å². The molecule has 0 radical (unpaired) electrons. The van der Waals surface area contributed by atoms with Gasteiger partial charge in [-0.25, -0.2) is 4.39 Å². The molecule has 0 atom stereocenters. The third-order valence-electron chi connectivity index (χ3n) is 6.51. The molecular weight excluding hydrogens is 347 g/mol. The van der Waals surface area contributed by atoms with Crippen LogP contribution in [-0.4, -0.2) is 53.5 Å². The van der Waals surface area contributed by atoms with E-state index in [0.29, 0.717) is 39.3 Å². The molecule has 0 aromatic heterocycles. The molecule has 0 bridgehead atoms. The molecule has 1 aromatic carbocycles. The van der Waals surface area contributed by atoms with E-state index in [4.69, 9.17) is 4.74 Å². The van der Waals surface area contributed by atoms with Crippen LogP contribution in [0.3, 0.4) is 0 Å². The summed E-state index contributed by atoms with van der Waals surface area (Å²) in [7, 11) is 0. The molecule has 3 fully saturated rings. The lowest BCUT2D eigenvalue weighted by Crippen LogP contribution is -2.54. The normalized spacial score (nSPS) is 23.2. The second-order valence-corrected chi connectivity index (χ2v) is 8.04. The summed E-state index contributed by atoms with van der Waals surface area (Å²) in [6.07, 6.45) is 4.70. The summed E-state index contributed by atoms with van der Waals surface area (Å²) in [5.41, 5.74) is 0.796. The van der Waals surface area contributed by atoms with Crippen LogP contribution in [-0.2, 0) is 20.9 Å². The molecule has 2 amide bonds. The van der Waals surface area contributed by atoms with E-state index in [9.17, 15) is 14.0 Å². The zero-order valence-electron chi connectivity index (χ0n) is 15.7. The van der Waals surface area contributed by atoms with Gasteiger partial charge in [0.25, 0.3) is 0 Å². The lowest BCUT2D eigenvalue weighted by molar-refractivity contribution is -0.142. The molecule has 3 heterocycles. The maximum atomic E-state index is 13.2. The van der Waals surface area contributed by atoms with Gasteiger partial charge in [0.05, 0.1) is 0 Å². The summed E-state index contributed by atoms with van der Waals surface area (Å²) in [6, 6.07) is 6.38. The highest BCUT2D eigenvalue weighted by Crippen LogP contribution is 2.40. The average Bonchev–Trinajstić information content (AvgIpc) is 3.00. The molecule has 27 heavy (non-hydrogen) atoms. The minimum absolute atomic E-state index is 0.0910. The topological polar surface area (TPSA) is 49.9 Å². The summed E-state index contributed by atoms with van der Waals surface area (Å²) in [5.74, 6) is 0.251. The van der Waals surface area contributed by atoms with Crippen LogP contribution in [0.25, 0.3) is 0 Å². The largest absolute Gasteiger partial charge is 0.381 e. The van der Waals surface area contributed by atoms with Crippen molar-refractivity contribution in [3.8, 4) is 0 Å². The van der Waals surface area contributed by atoms with Gasteiger partial charge in [-0.1, -0.05) is 12.1 Å². The van der Waals surface area contributed by atoms with Gasteiger partial charge in [-0.15, -0.1) is 0 Å². The van der Waals surface area contributed by atoms with Crippen LogP contribution in [0.1, 0.15) is 44.1 Å². The van der Waals surface area contributed by atoms with Gasteiger partial charge in [-0.05, 0) is 49.8 Å². The number of amides is 2. The minimum Gasteiger partial charge on any atom is -0.381 e. The summed E-state index contributed by atoms with van der Waals surface area (Å²) in [5, 5.41) is 0. The van der Waals surface area contributed by atoms with E-state index < -0.39 is 0 Å². The van der Waals surface area contributed by atoms with Gasteiger partial charge in [0.15, 0.2) is 0 Å². The first kappa shape index (κ1) is 18.4. The Morgan fingerprint density at radius 3 is 2.44 bits per heavy atom. The number of hydrogen-bond donors (Lipinski definition) is 0. The monoisotopic (exact) mass is 374 g/mol. The van der Waals surface area contributed by atoms with E-state index in [1.54, 1.807) is 12.1 Å². The number of ether oxygens (including phenoxy) is 1. The molecule has 3 aliphatic rings. The fraction of sp³-hybridized carbons (Fsp3) is 0.619. The molecule has 0 aliphatic carbocycles. The molecule has 1 aromatic rings. The molecule has 3 aliphatic heterocycles. The Hall–Kier alpha value is -1.95. The van der Waals surface area contributed by atoms with Gasteiger partial charge < -0.3 is 14.5 Å². The van der Waals surface area contributed by atoms with Gasteiger partial charge in [0, 0.05) is 50.7 Å². The van der Waals surface area contributed by atoms with Crippen LogP contribution in [0, 0.1) is 11.7 Å². The van der Waals surface area contributed by atoms with Crippen molar-refractivity contribution in [1.29, 1.82) is 0 Å². The number of nitrogens with zero attached hydrogens (tertiary/aromatic N) is 2. The number of rotatable bonds is 3. The Morgan fingerprint density at radius 1 is 1.11 bits per heavy atom. The van der Waals surface area contributed by atoms with Crippen LogP contribution >= 0.6 is 0 Å². The molecule has 146 valence electrons. The van der Waals surface area contributed by atoms with Gasteiger partial charge in [-0.2, -0.15) is 0 Å². The van der Waals surface area contributed by atoms with Gasteiger partial charge in [-0.3, -0.25) is 9.59 Å². The number of carbonyl (C=O) groups excluding carboxylic acids is 2. The predicted octanol–water partition coefficient (Wildman–Crippen LogP) is 2.74. The fourth-order valence-corrected chi connectivity index (χ4v) is 4.77. The van der Waals surface area contributed by atoms with Crippen LogP contribution in [0.2, 0.25) is 0 Å². The maximum Gasteiger partial charge on any atom is 0.225 e. The maximum absolute atomic E-state index is 13.2. The van der Waals surface area contributed by atoms with E-state index in [1.807, 2.05) is 9.80 Å². The van der Waals surface area contributed by atoms with Crippen molar-refractivity contribution in [1.82, 2.24) is 9.80 Å². The molecule has 3 saturated heterocycles. The SMILES string of the molecule is O=C(C1CCOCC1)N1CCC2(CCC(=O)N2Cc2ccc(F)cc2)CC1. The standard InChI is InChI=1S/C21H27FN2O3/c22-18-3-1-16(2-4-18)15-24-19(25)5-8-21(24)9-11-23(12-10-21)20(26)17-6-13-27-14-7-17/h1-4,17H,5-15H2. The Labute approximate surface area is 159 Å². The highest BCUT2D eigenvalue weighted by atomic mass is 19.1. The number of benzene rings is 1. The first-order valence-corrected chi connectivity index (χ1v) is 9.99. The Bertz CT molecular complexity index is 692. The average molecular weight is 374 g/mol. The van der Waals surface area contributed by atoms with Crippen molar-refractivity contribution in [3.63, 3.8) is 0 Å². The molecule has 1 spiro atoms. The Kier molecular flexibility index (Phi) is 5.17. The van der Waals surface area contributed by atoms with Crippen LogP contribution in [0.5, 0.6) is 0 Å². The van der Waals surface area contributed by atoms with Crippen LogP contribution in [0.4, 0.5) is 4.39 Å². The molecule has 4 rings (SSSR count). The van der Waals surface area contributed by atoms with Crippen molar-refractivity contribution in [2.75, 3.05) is 26.3 Å². The molecule has 0 unspecified atom stereocenters. The number of likely N-dealkylation sites (tertiary alicyclic amines) is 2. The van der Waals surface area contributed by atoms with Crippen molar-refractivity contribution in [2.45, 2.75) is 50.6 Å². The lowest BCUT2D eigenvalue weighted by atomic mass is 9.84. The van der Waals surface area contributed by atoms with Crippen molar-refractivity contribution in [3.05, 3.63) is 35.6 Å². The highest BCUT2D eigenvalue weighted by molar-refractivity contribution is 5.81. The van der Waals surface area contributed by atoms with Gasteiger partial charge >= 0.3 is 0 Å². The Morgan fingerprint density at radius 2 is 1.78 bits per heavy atom. The third-order valence-corrected chi connectivity index (χ3v) is 6.51. The highest BCUT2D eigenvalue weighted by Gasteiger charge is 2.47. The smallest absolute Gasteiger partial charge is 0.225 e. The summed E-state index contributed by atoms with van der Waals surface area (Å²) in [4.78, 5) is 29.3. The quantitative estimate of drug-likeness (QED) is 0.817. The molecular formula is C21H27FN2O3. The second kappa shape index (κ2) is 7.58. The third kappa shape index (κ3) is 3.72. The number of hydrogen-bond acceptors (Lipinski definition) is 3. The van der Waals surface area contributed by atoms with Crippen LogP contribution < -0.4 is 0 Å². The lowest BCUT2D eigenvalue weighted by Gasteiger charge is -2.45. The van der Waals surface area contributed by atoms with Gasteiger partial charge in [0.1, 0.15) is 5.82 Å². The van der Waals surface area contributed by atoms with Crippen LogP contribution in [0.15, 0.2) is 24.3 Å². The fourth-order valence-electron chi connectivity index (χ4n) is 4.77. The van der Waals surface area contributed by atoms with Crippen molar-refractivity contribution < 1.29 is 18.7 Å². The predicted molar refractivity (Wildman–Crippen MR) is 98.3 cm³/mol. The molecule has 5 nitrogen and oxygen atoms in total. The number of carbonyl (C=O) groups is 2. The molecule has 0 saturated carbocycles.